The van der Waals surface area contributed by atoms with Crippen molar-refractivity contribution in [3.63, 3.8) is 0 Å². The number of ether oxygens (including phenoxy) is 3. The van der Waals surface area contributed by atoms with Crippen LogP contribution >= 0.6 is 0 Å². The molecule has 0 radical (unpaired) electrons. The van der Waals surface area contributed by atoms with Gasteiger partial charge in [-0.2, -0.15) is 0 Å². The highest BCUT2D eigenvalue weighted by molar-refractivity contribution is 6.24. The summed E-state index contributed by atoms with van der Waals surface area (Å²) >= 11 is 0. The van der Waals surface area contributed by atoms with E-state index in [0.717, 1.165) is 16.0 Å². The first-order valence-electron chi connectivity index (χ1n) is 11.0. The largest absolute Gasteiger partial charge is 0.497 e. The van der Waals surface area contributed by atoms with Crippen molar-refractivity contribution in [1.29, 1.82) is 0 Å². The van der Waals surface area contributed by atoms with E-state index >= 15 is 0 Å². The number of methoxy groups -OCH3 is 1. The Morgan fingerprint density at radius 2 is 1.91 bits per heavy atom. The fourth-order valence-corrected chi connectivity index (χ4v) is 4.55. The van der Waals surface area contributed by atoms with Gasteiger partial charge in [0.25, 0.3) is 5.91 Å². The molecule has 0 spiro atoms. The van der Waals surface area contributed by atoms with E-state index in [2.05, 4.69) is 0 Å². The molecule has 2 aliphatic rings. The Morgan fingerprint density at radius 1 is 1.18 bits per heavy atom. The first-order chi connectivity index (χ1) is 15.8. The molecule has 3 amide bonds. The molecule has 2 aromatic carbocycles. The van der Waals surface area contributed by atoms with Gasteiger partial charge in [-0.3, -0.25) is 9.59 Å². The molecular formula is C25H28N2O6. The van der Waals surface area contributed by atoms with E-state index in [9.17, 15) is 14.4 Å². The summed E-state index contributed by atoms with van der Waals surface area (Å²) in [6, 6.07) is 11.7. The van der Waals surface area contributed by atoms with Gasteiger partial charge in [0.2, 0.25) is 0 Å². The van der Waals surface area contributed by atoms with Crippen LogP contribution in [0.5, 0.6) is 11.5 Å². The number of hydrogen-bond acceptors (Lipinski definition) is 6. The fraction of sp³-hybridized carbons (Fsp3) is 0.400. The molecule has 2 aromatic rings. The summed E-state index contributed by atoms with van der Waals surface area (Å²) in [5.74, 6) is 0.247. The van der Waals surface area contributed by atoms with E-state index in [1.54, 1.807) is 45.2 Å². The van der Waals surface area contributed by atoms with Crippen molar-refractivity contribution in [2.45, 2.75) is 45.2 Å². The molecule has 8 nitrogen and oxygen atoms in total. The van der Waals surface area contributed by atoms with Gasteiger partial charge < -0.3 is 19.1 Å². The lowest BCUT2D eigenvalue weighted by molar-refractivity contribution is -0.148. The SMILES string of the molecule is CCOC(=O)CC1(C)C(=O)N(c2ccc(C)cc2)C(=O)N1C1CCOc2cc(OC)ccc21. The number of anilines is 1. The van der Waals surface area contributed by atoms with Gasteiger partial charge in [-0.25, -0.2) is 9.69 Å². The summed E-state index contributed by atoms with van der Waals surface area (Å²) in [6.07, 6.45) is 0.245. The number of fused-ring (bicyclic) bond motifs is 1. The molecule has 174 valence electrons. The standard InChI is InChI=1S/C25H28N2O6/c1-5-32-22(28)15-25(3)23(29)26(17-8-6-16(2)7-9-17)24(30)27(25)20-12-13-33-21-14-18(31-4)10-11-19(20)21/h6-11,14,20H,5,12-13,15H2,1-4H3. The van der Waals surface area contributed by atoms with Crippen LogP contribution < -0.4 is 14.4 Å². The maximum absolute atomic E-state index is 13.8. The molecule has 0 aromatic heterocycles. The van der Waals surface area contributed by atoms with Gasteiger partial charge in [0.1, 0.15) is 17.0 Å². The van der Waals surface area contributed by atoms with Crippen molar-refractivity contribution in [1.82, 2.24) is 4.90 Å². The van der Waals surface area contributed by atoms with Crippen LogP contribution in [0.25, 0.3) is 0 Å². The Kier molecular flexibility index (Phi) is 6.01. The van der Waals surface area contributed by atoms with Crippen LogP contribution in [0, 0.1) is 6.92 Å². The average molecular weight is 453 g/mol. The zero-order valence-corrected chi connectivity index (χ0v) is 19.3. The maximum atomic E-state index is 13.8. The molecule has 33 heavy (non-hydrogen) atoms. The highest BCUT2D eigenvalue weighted by Crippen LogP contribution is 2.46. The fourth-order valence-electron chi connectivity index (χ4n) is 4.55. The van der Waals surface area contributed by atoms with Crippen molar-refractivity contribution >= 4 is 23.6 Å². The number of imide groups is 1. The van der Waals surface area contributed by atoms with Crippen molar-refractivity contribution in [2.24, 2.45) is 0 Å². The minimum absolute atomic E-state index is 0.193. The number of carbonyl (C=O) groups excluding carboxylic acids is 3. The third-order valence-corrected chi connectivity index (χ3v) is 6.22. The smallest absolute Gasteiger partial charge is 0.332 e. The van der Waals surface area contributed by atoms with Gasteiger partial charge in [-0.15, -0.1) is 0 Å². The highest BCUT2D eigenvalue weighted by atomic mass is 16.5. The summed E-state index contributed by atoms with van der Waals surface area (Å²) in [5, 5.41) is 0. The van der Waals surface area contributed by atoms with Crippen molar-refractivity contribution in [3.8, 4) is 11.5 Å². The lowest BCUT2D eigenvalue weighted by Gasteiger charge is -2.40. The van der Waals surface area contributed by atoms with Crippen molar-refractivity contribution in [2.75, 3.05) is 25.2 Å². The summed E-state index contributed by atoms with van der Waals surface area (Å²) in [7, 11) is 1.57. The van der Waals surface area contributed by atoms with Gasteiger partial charge >= 0.3 is 12.0 Å². The summed E-state index contributed by atoms with van der Waals surface area (Å²) < 4.78 is 16.3. The summed E-state index contributed by atoms with van der Waals surface area (Å²) in [5.41, 5.74) is 0.837. The number of rotatable bonds is 6. The maximum Gasteiger partial charge on any atom is 0.332 e. The zero-order valence-electron chi connectivity index (χ0n) is 19.3. The lowest BCUT2D eigenvalue weighted by Crippen LogP contribution is -2.51. The van der Waals surface area contributed by atoms with E-state index in [0.29, 0.717) is 30.2 Å². The van der Waals surface area contributed by atoms with Crippen molar-refractivity contribution in [3.05, 3.63) is 53.6 Å². The Hall–Kier alpha value is -3.55. The number of esters is 1. The number of carbonyl (C=O) groups is 3. The molecule has 2 aliphatic heterocycles. The van der Waals surface area contributed by atoms with E-state index in [1.165, 1.54) is 4.90 Å². The minimum atomic E-state index is -1.41. The zero-order chi connectivity index (χ0) is 23.8. The molecule has 2 heterocycles. The second kappa shape index (κ2) is 8.77. The van der Waals surface area contributed by atoms with Crippen LogP contribution in [0.3, 0.4) is 0 Å². The average Bonchev–Trinajstić information content (AvgIpc) is 2.98. The Labute approximate surface area is 193 Å². The number of amides is 3. The molecule has 2 atom stereocenters. The molecular weight excluding hydrogens is 424 g/mol. The summed E-state index contributed by atoms with van der Waals surface area (Å²) in [4.78, 5) is 42.8. The second-order valence-corrected chi connectivity index (χ2v) is 8.44. The predicted octanol–water partition coefficient (Wildman–Crippen LogP) is 4.01. The molecule has 0 N–H and O–H groups in total. The van der Waals surface area contributed by atoms with Gasteiger partial charge in [-0.1, -0.05) is 17.7 Å². The molecule has 4 rings (SSSR count). The number of aryl methyl sites for hydroxylation is 1. The number of hydrogen-bond donors (Lipinski definition) is 0. The Morgan fingerprint density at radius 3 is 2.58 bits per heavy atom. The van der Waals surface area contributed by atoms with Crippen molar-refractivity contribution < 1.29 is 28.6 Å². The van der Waals surface area contributed by atoms with E-state index in [4.69, 9.17) is 14.2 Å². The molecule has 0 aliphatic carbocycles. The van der Waals surface area contributed by atoms with Crippen LogP contribution in [0.4, 0.5) is 10.5 Å². The third kappa shape index (κ3) is 3.90. The van der Waals surface area contributed by atoms with Crippen LogP contribution in [0.1, 0.15) is 43.9 Å². The normalized spacial score (nSPS) is 22.1. The number of benzene rings is 2. The van der Waals surface area contributed by atoms with E-state index < -0.39 is 29.5 Å². The molecule has 0 saturated carbocycles. The van der Waals surface area contributed by atoms with Crippen LogP contribution in [0.2, 0.25) is 0 Å². The molecule has 1 saturated heterocycles. The summed E-state index contributed by atoms with van der Waals surface area (Å²) in [6.45, 7) is 5.83. The van der Waals surface area contributed by atoms with Gasteiger partial charge in [0, 0.05) is 18.1 Å². The monoisotopic (exact) mass is 452 g/mol. The first-order valence-corrected chi connectivity index (χ1v) is 11.0. The van der Waals surface area contributed by atoms with Crippen LogP contribution in [-0.4, -0.2) is 48.7 Å². The van der Waals surface area contributed by atoms with E-state index in [-0.39, 0.29) is 13.0 Å². The van der Waals surface area contributed by atoms with Gasteiger partial charge in [0.15, 0.2) is 0 Å². The number of urea groups is 1. The van der Waals surface area contributed by atoms with Gasteiger partial charge in [-0.05, 0) is 45.0 Å². The Bertz CT molecular complexity index is 1080. The number of nitrogens with zero attached hydrogens (tertiary/aromatic N) is 2. The van der Waals surface area contributed by atoms with Crippen LogP contribution in [-0.2, 0) is 14.3 Å². The predicted molar refractivity (Wildman–Crippen MR) is 121 cm³/mol. The Balaban J connectivity index is 1.80. The second-order valence-electron chi connectivity index (χ2n) is 8.44. The highest BCUT2D eigenvalue weighted by Gasteiger charge is 2.58. The van der Waals surface area contributed by atoms with Gasteiger partial charge in [0.05, 0.1) is 38.5 Å². The lowest BCUT2D eigenvalue weighted by atomic mass is 9.90. The topological polar surface area (TPSA) is 85.4 Å². The molecule has 0 bridgehead atoms. The van der Waals surface area contributed by atoms with Crippen LogP contribution in [0.15, 0.2) is 42.5 Å². The minimum Gasteiger partial charge on any atom is -0.497 e. The third-order valence-electron chi connectivity index (χ3n) is 6.22. The molecule has 8 heteroatoms. The quantitative estimate of drug-likeness (QED) is 0.486. The molecule has 1 fully saturated rings. The first kappa shape index (κ1) is 22.6. The molecule has 2 unspecified atom stereocenters. The van der Waals surface area contributed by atoms with E-state index in [1.807, 2.05) is 25.1 Å².